The number of benzene rings is 1. The second-order valence-electron chi connectivity index (χ2n) is 5.76. The van der Waals surface area contributed by atoms with Crippen LogP contribution in [0.15, 0.2) is 36.5 Å². The van der Waals surface area contributed by atoms with Gasteiger partial charge in [-0.15, -0.1) is 0 Å². The molecule has 26 heavy (non-hydrogen) atoms. The predicted octanol–water partition coefficient (Wildman–Crippen LogP) is 2.18. The number of carbonyl (C=O) groups is 3. The lowest BCUT2D eigenvalue weighted by Gasteiger charge is -2.26. The molecule has 1 aromatic carbocycles. The van der Waals surface area contributed by atoms with Crippen molar-refractivity contribution in [2.45, 2.75) is 12.8 Å². The summed E-state index contributed by atoms with van der Waals surface area (Å²) in [6, 6.07) is 7.33. The number of halogens is 1. The van der Waals surface area contributed by atoms with Crippen molar-refractivity contribution in [3.05, 3.63) is 47.9 Å². The molecule has 0 radical (unpaired) electrons. The van der Waals surface area contributed by atoms with Crippen LogP contribution in [0, 0.1) is 5.82 Å². The van der Waals surface area contributed by atoms with E-state index in [9.17, 15) is 18.8 Å². The quantitative estimate of drug-likeness (QED) is 0.829. The van der Waals surface area contributed by atoms with Crippen LogP contribution in [0.3, 0.4) is 0 Å². The van der Waals surface area contributed by atoms with Crippen molar-refractivity contribution in [1.82, 2.24) is 4.98 Å². The second-order valence-corrected chi connectivity index (χ2v) is 5.76. The summed E-state index contributed by atoms with van der Waals surface area (Å²) in [5.41, 5.74) is 0.911. The normalized spacial score (nSPS) is 13.0. The monoisotopic (exact) mass is 357 g/mol. The van der Waals surface area contributed by atoms with Crippen LogP contribution in [0.5, 0.6) is 5.75 Å². The van der Waals surface area contributed by atoms with Crippen molar-refractivity contribution in [2.75, 3.05) is 23.9 Å². The van der Waals surface area contributed by atoms with Gasteiger partial charge < -0.3 is 15.0 Å². The number of ether oxygens (including phenoxy) is 1. The summed E-state index contributed by atoms with van der Waals surface area (Å²) in [4.78, 5) is 41.1. The number of Topliss-reactive ketones (excluding diaryl/α,β-unsaturated/α-hetero) is 1. The first-order chi connectivity index (χ1) is 12.4. The van der Waals surface area contributed by atoms with E-state index in [1.54, 1.807) is 25.2 Å². The van der Waals surface area contributed by atoms with E-state index in [4.69, 9.17) is 4.74 Å². The Hall–Kier alpha value is -3.29. The zero-order valence-electron chi connectivity index (χ0n) is 14.0. The third-order valence-electron chi connectivity index (χ3n) is 3.94. The summed E-state index contributed by atoms with van der Waals surface area (Å²) >= 11 is 0. The van der Waals surface area contributed by atoms with Crippen molar-refractivity contribution in [1.29, 1.82) is 0 Å². The molecular formula is C18H16FN3O4. The molecule has 1 N–H and O–H groups in total. The molecule has 0 spiro atoms. The minimum Gasteiger partial charge on any atom is -0.482 e. The highest BCUT2D eigenvalue weighted by Gasteiger charge is 2.23. The molecule has 0 unspecified atom stereocenters. The molecule has 1 aromatic heterocycles. The number of hydrogen-bond acceptors (Lipinski definition) is 5. The Balaban J connectivity index is 1.60. The topological polar surface area (TPSA) is 88.6 Å². The average Bonchev–Trinajstić information content (AvgIpc) is 2.64. The van der Waals surface area contributed by atoms with Gasteiger partial charge >= 0.3 is 0 Å². The number of nitrogens with one attached hydrogen (secondary N) is 1. The summed E-state index contributed by atoms with van der Waals surface area (Å²) in [7, 11) is 1.61. The highest BCUT2D eigenvalue weighted by molar-refractivity contribution is 6.03. The number of fused-ring (bicyclic) bond motifs is 1. The minimum absolute atomic E-state index is 0.00959. The Kier molecular flexibility index (Phi) is 4.92. The lowest BCUT2D eigenvalue weighted by Crippen LogP contribution is -2.35. The molecule has 0 saturated carbocycles. The molecule has 3 rings (SSSR count). The smallest absolute Gasteiger partial charge is 0.264 e. The maximum absolute atomic E-state index is 12.8. The van der Waals surface area contributed by atoms with Crippen molar-refractivity contribution in [3.63, 3.8) is 0 Å². The first-order valence-corrected chi connectivity index (χ1v) is 7.92. The molecule has 134 valence electrons. The van der Waals surface area contributed by atoms with Gasteiger partial charge in [0.05, 0.1) is 11.9 Å². The summed E-state index contributed by atoms with van der Waals surface area (Å²) in [5, 5.41) is 2.50. The summed E-state index contributed by atoms with van der Waals surface area (Å²) in [5.74, 6) is -0.586. The van der Waals surface area contributed by atoms with E-state index in [-0.39, 0.29) is 37.0 Å². The predicted molar refractivity (Wildman–Crippen MR) is 91.7 cm³/mol. The summed E-state index contributed by atoms with van der Waals surface area (Å²) in [6.45, 7) is -0.0333. The third kappa shape index (κ3) is 3.85. The number of pyridine rings is 1. The Morgan fingerprint density at radius 2 is 2.08 bits per heavy atom. The summed E-state index contributed by atoms with van der Waals surface area (Å²) < 4.78 is 18.1. The van der Waals surface area contributed by atoms with Gasteiger partial charge in [0.15, 0.2) is 12.4 Å². The zero-order valence-corrected chi connectivity index (χ0v) is 14.0. The fourth-order valence-electron chi connectivity index (χ4n) is 2.47. The first kappa shape index (κ1) is 17.5. The number of hydrogen-bond donors (Lipinski definition) is 1. The molecule has 8 heteroatoms. The van der Waals surface area contributed by atoms with E-state index < -0.39 is 11.7 Å². The fraction of sp³-hybridized carbons (Fsp3) is 0.222. The van der Waals surface area contributed by atoms with E-state index in [0.717, 1.165) is 6.20 Å². The number of anilines is 2. The largest absolute Gasteiger partial charge is 0.482 e. The summed E-state index contributed by atoms with van der Waals surface area (Å²) in [6.07, 6.45) is 0.943. The van der Waals surface area contributed by atoms with Crippen molar-refractivity contribution < 1.29 is 23.5 Å². The molecule has 1 aliphatic heterocycles. The maximum atomic E-state index is 12.8. The maximum Gasteiger partial charge on any atom is 0.264 e. The Morgan fingerprint density at radius 3 is 2.81 bits per heavy atom. The molecule has 1 aliphatic rings. The number of carbonyl (C=O) groups excluding carboxylic acids is 3. The van der Waals surface area contributed by atoms with Gasteiger partial charge in [0, 0.05) is 25.5 Å². The lowest BCUT2D eigenvalue weighted by atomic mass is 10.0. The number of likely N-dealkylation sites (N-methyl/N-ethyl adjacent to an activating group) is 1. The lowest BCUT2D eigenvalue weighted by molar-refractivity contribution is -0.121. The van der Waals surface area contributed by atoms with Crippen molar-refractivity contribution >= 4 is 29.1 Å². The van der Waals surface area contributed by atoms with E-state index in [1.165, 1.54) is 17.0 Å². The molecular weight excluding hydrogens is 341 g/mol. The van der Waals surface area contributed by atoms with Crippen LogP contribution in [0.4, 0.5) is 15.9 Å². The van der Waals surface area contributed by atoms with Gasteiger partial charge in [0.1, 0.15) is 17.4 Å². The van der Waals surface area contributed by atoms with Gasteiger partial charge in [-0.05, 0) is 30.3 Å². The average molecular weight is 357 g/mol. The van der Waals surface area contributed by atoms with E-state index in [0.29, 0.717) is 17.0 Å². The standard InChI is InChI=1S/C18H16FN3O4/c1-22-13-8-11(2-5-15(13)26-10-18(22)25)14(23)4-7-17(24)21-16-6-3-12(19)9-20-16/h2-3,5-6,8-9H,4,7,10H2,1H3,(H,20,21,24). The number of aromatic nitrogens is 1. The molecule has 2 heterocycles. The first-order valence-electron chi connectivity index (χ1n) is 7.92. The number of ketones is 1. The van der Waals surface area contributed by atoms with E-state index >= 15 is 0 Å². The fourth-order valence-corrected chi connectivity index (χ4v) is 2.47. The highest BCUT2D eigenvalue weighted by Crippen LogP contribution is 2.32. The van der Waals surface area contributed by atoms with Crippen molar-refractivity contribution in [2.24, 2.45) is 0 Å². The molecule has 0 fully saturated rings. The van der Waals surface area contributed by atoms with E-state index in [2.05, 4.69) is 10.3 Å². The van der Waals surface area contributed by atoms with Gasteiger partial charge in [0.2, 0.25) is 5.91 Å². The van der Waals surface area contributed by atoms with Crippen LogP contribution in [0.1, 0.15) is 23.2 Å². The van der Waals surface area contributed by atoms with Crippen molar-refractivity contribution in [3.8, 4) is 5.75 Å². The van der Waals surface area contributed by atoms with Crippen LogP contribution >= 0.6 is 0 Å². The van der Waals surface area contributed by atoms with Crippen LogP contribution in [-0.4, -0.2) is 36.2 Å². The molecule has 0 bridgehead atoms. The van der Waals surface area contributed by atoms with E-state index in [1.807, 2.05) is 0 Å². The zero-order chi connectivity index (χ0) is 18.7. The van der Waals surface area contributed by atoms with Crippen LogP contribution in [0.25, 0.3) is 0 Å². The molecule has 0 aliphatic carbocycles. The number of nitrogens with zero attached hydrogens (tertiary/aromatic N) is 2. The highest BCUT2D eigenvalue weighted by atomic mass is 19.1. The van der Waals surface area contributed by atoms with Gasteiger partial charge in [0.25, 0.3) is 5.91 Å². The number of amides is 2. The van der Waals surface area contributed by atoms with Gasteiger partial charge in [-0.2, -0.15) is 0 Å². The van der Waals surface area contributed by atoms with Crippen LogP contribution in [0.2, 0.25) is 0 Å². The molecule has 0 atom stereocenters. The molecule has 0 saturated heterocycles. The van der Waals surface area contributed by atoms with Crippen LogP contribution in [-0.2, 0) is 9.59 Å². The van der Waals surface area contributed by atoms with Gasteiger partial charge in [-0.1, -0.05) is 0 Å². The Labute approximate surface area is 148 Å². The second kappa shape index (κ2) is 7.30. The minimum atomic E-state index is -0.502. The Morgan fingerprint density at radius 1 is 1.27 bits per heavy atom. The molecule has 2 aromatic rings. The Bertz CT molecular complexity index is 867. The van der Waals surface area contributed by atoms with Gasteiger partial charge in [-0.3, -0.25) is 14.4 Å². The molecule has 7 nitrogen and oxygen atoms in total. The number of rotatable bonds is 5. The van der Waals surface area contributed by atoms with Gasteiger partial charge in [-0.25, -0.2) is 9.37 Å². The third-order valence-corrected chi connectivity index (χ3v) is 3.94. The molecule has 2 amide bonds. The SMILES string of the molecule is CN1C(=O)COc2ccc(C(=O)CCC(=O)Nc3ccc(F)cn3)cc21. The van der Waals surface area contributed by atoms with Crippen LogP contribution < -0.4 is 15.0 Å².